The molecule has 0 aliphatic carbocycles. The number of pyridine rings is 1. The van der Waals surface area contributed by atoms with Crippen LogP contribution in [-0.4, -0.2) is 4.98 Å². The van der Waals surface area contributed by atoms with Gasteiger partial charge in [0.2, 0.25) is 0 Å². The number of rotatable bonds is 1. The van der Waals surface area contributed by atoms with Gasteiger partial charge in [0.15, 0.2) is 0 Å². The number of halogens is 9. The van der Waals surface area contributed by atoms with Crippen molar-refractivity contribution < 1.29 is 13.2 Å². The third kappa shape index (κ3) is 3.39. The van der Waals surface area contributed by atoms with E-state index >= 15 is 0 Å². The van der Waals surface area contributed by atoms with E-state index in [0.717, 1.165) is 0 Å². The van der Waals surface area contributed by atoms with Crippen LogP contribution in [0.3, 0.4) is 0 Å². The number of alkyl halides is 3. The van der Waals surface area contributed by atoms with Crippen LogP contribution in [0.4, 0.5) is 13.2 Å². The summed E-state index contributed by atoms with van der Waals surface area (Å²) < 4.78 is 39.9. The van der Waals surface area contributed by atoms with Gasteiger partial charge >= 0.3 is 6.18 Å². The van der Waals surface area contributed by atoms with Crippen LogP contribution in [0.5, 0.6) is 0 Å². The van der Waals surface area contributed by atoms with Gasteiger partial charge in [0.1, 0.15) is 3.70 Å². The summed E-state index contributed by atoms with van der Waals surface area (Å²) in [6, 6.07) is 1.19. The van der Waals surface area contributed by atoms with E-state index in [9.17, 15) is 13.2 Å². The Bertz CT molecular complexity index is 734. The van der Waals surface area contributed by atoms with E-state index in [1.807, 2.05) is 0 Å². The third-order valence-corrected chi connectivity index (χ3v) is 5.52. The highest BCUT2D eigenvalue weighted by molar-refractivity contribution is 14.1. The molecule has 22 heavy (non-hydrogen) atoms. The molecule has 0 unspecified atom stereocenters. The van der Waals surface area contributed by atoms with Crippen LogP contribution >= 0.6 is 80.6 Å². The summed E-state index contributed by atoms with van der Waals surface area (Å²) in [5.74, 6) is 0. The molecule has 0 N–H and O–H groups in total. The molecule has 2 rings (SSSR count). The number of benzene rings is 1. The van der Waals surface area contributed by atoms with Gasteiger partial charge in [-0.25, -0.2) is 4.98 Å². The van der Waals surface area contributed by atoms with Crippen molar-refractivity contribution in [1.82, 2.24) is 4.98 Å². The van der Waals surface area contributed by atoms with E-state index in [2.05, 4.69) is 4.98 Å². The second-order valence-corrected chi connectivity index (χ2v) is 6.99. The monoisotopic (exact) mass is 519 g/mol. The van der Waals surface area contributed by atoms with E-state index < -0.39 is 11.7 Å². The van der Waals surface area contributed by atoms with E-state index in [1.165, 1.54) is 6.07 Å². The Morgan fingerprint density at radius 2 is 1.32 bits per heavy atom. The second-order valence-electron chi connectivity index (χ2n) is 4.00. The fraction of sp³-hybridized carbons (Fsp3) is 0.0833. The molecule has 1 nitrogen and oxygen atoms in total. The Labute approximate surface area is 161 Å². The Balaban J connectivity index is 2.92. The lowest BCUT2D eigenvalue weighted by Crippen LogP contribution is -2.09. The second kappa shape index (κ2) is 6.69. The molecule has 0 saturated heterocycles. The van der Waals surface area contributed by atoms with E-state index in [4.69, 9.17) is 58.0 Å². The molecule has 1 heterocycles. The normalized spacial score (nSPS) is 11.9. The molecule has 0 atom stereocenters. The first kappa shape index (κ1) is 18.7. The largest absolute Gasteiger partial charge is 0.418 e. The zero-order chi connectivity index (χ0) is 16.8. The number of nitrogens with zero attached hydrogens (tertiary/aromatic N) is 1. The Kier molecular flexibility index (Phi) is 5.68. The molecule has 0 amide bonds. The maximum atomic E-state index is 13.2. The summed E-state index contributed by atoms with van der Waals surface area (Å²) in [7, 11) is 0. The predicted octanol–water partition coefficient (Wildman–Crippen LogP) is 7.64. The summed E-state index contributed by atoms with van der Waals surface area (Å²) in [5, 5.41) is -0.901. The van der Waals surface area contributed by atoms with Crippen molar-refractivity contribution in [2.24, 2.45) is 0 Å². The minimum Gasteiger partial charge on any atom is -0.250 e. The van der Waals surface area contributed by atoms with Crippen LogP contribution < -0.4 is 0 Å². The smallest absolute Gasteiger partial charge is 0.250 e. The fourth-order valence-electron chi connectivity index (χ4n) is 1.70. The van der Waals surface area contributed by atoms with Crippen molar-refractivity contribution >= 4 is 80.6 Å². The van der Waals surface area contributed by atoms with Crippen molar-refractivity contribution in [1.29, 1.82) is 0 Å². The van der Waals surface area contributed by atoms with Crippen molar-refractivity contribution in [3.05, 3.63) is 46.6 Å². The van der Waals surface area contributed by atoms with Crippen LogP contribution in [-0.2, 0) is 6.18 Å². The first-order valence-corrected chi connectivity index (χ1v) is 8.27. The van der Waals surface area contributed by atoms with Crippen molar-refractivity contribution in [3.8, 4) is 11.1 Å². The fourth-order valence-corrected chi connectivity index (χ4v) is 3.50. The van der Waals surface area contributed by atoms with Crippen molar-refractivity contribution in [3.63, 3.8) is 0 Å². The molecule has 0 radical (unpaired) electrons. The average molecular weight is 521 g/mol. The van der Waals surface area contributed by atoms with Crippen LogP contribution in [0.2, 0.25) is 25.1 Å². The highest BCUT2D eigenvalue weighted by Crippen LogP contribution is 2.50. The van der Waals surface area contributed by atoms with Crippen LogP contribution in [0, 0.1) is 3.70 Å². The Hall–Kier alpha value is 0.340. The van der Waals surface area contributed by atoms with Gasteiger partial charge in [-0.3, -0.25) is 0 Å². The molecule has 0 spiro atoms. The number of hydrogen-bond acceptors (Lipinski definition) is 1. The third-order valence-electron chi connectivity index (χ3n) is 2.66. The molecule has 10 heteroatoms. The van der Waals surface area contributed by atoms with Crippen LogP contribution in [0.15, 0.2) is 12.3 Å². The first-order chi connectivity index (χ1) is 10.1. The minimum atomic E-state index is -4.65. The number of hydrogen-bond donors (Lipinski definition) is 0. The topological polar surface area (TPSA) is 12.9 Å². The summed E-state index contributed by atoms with van der Waals surface area (Å²) in [4.78, 5) is 3.64. The van der Waals surface area contributed by atoms with Gasteiger partial charge in [0, 0.05) is 17.3 Å². The molecule has 1 aromatic heterocycles. The molecule has 0 saturated carbocycles. The van der Waals surface area contributed by atoms with E-state index in [0.29, 0.717) is 9.90 Å². The zero-order valence-electron chi connectivity index (χ0n) is 10.0. The maximum absolute atomic E-state index is 13.2. The summed E-state index contributed by atoms with van der Waals surface area (Å²) in [6.07, 6.45) is -3.96. The molecular weight excluding hydrogens is 519 g/mol. The molecule has 1 aromatic carbocycles. The highest BCUT2D eigenvalue weighted by Gasteiger charge is 2.36. The molecule has 118 valence electrons. The molecule has 0 fully saturated rings. The van der Waals surface area contributed by atoms with Gasteiger partial charge in [-0.05, 0) is 28.7 Å². The lowest BCUT2D eigenvalue weighted by Gasteiger charge is -2.17. The number of aromatic nitrogens is 1. The van der Waals surface area contributed by atoms with Gasteiger partial charge in [0.25, 0.3) is 0 Å². The highest BCUT2D eigenvalue weighted by atomic mass is 127. The summed E-state index contributed by atoms with van der Waals surface area (Å²) in [6.45, 7) is 0. The van der Waals surface area contributed by atoms with Crippen molar-refractivity contribution in [2.45, 2.75) is 6.18 Å². The lowest BCUT2D eigenvalue weighted by atomic mass is 10.0. The molecular formula is C12H2Cl5F3IN. The van der Waals surface area contributed by atoms with E-state index in [-0.39, 0.29) is 36.2 Å². The predicted molar refractivity (Wildman–Crippen MR) is 92.4 cm³/mol. The standard InChI is InChI=1S/C12H2Cl5F3IN/c13-7-6(8(14)10(16)11(17)9(7)15)3-1-5(21)22-2-4(3)12(18,19)20/h1-2H. The van der Waals surface area contributed by atoms with Crippen LogP contribution in [0.25, 0.3) is 11.1 Å². The Morgan fingerprint density at radius 3 is 1.77 bits per heavy atom. The summed E-state index contributed by atoms with van der Waals surface area (Å²) in [5.41, 5.74) is -1.43. The molecule has 2 aromatic rings. The SMILES string of the molecule is FC(F)(F)c1cnc(I)cc1-c1c(Cl)c(Cl)c(Cl)c(Cl)c1Cl. The summed E-state index contributed by atoms with van der Waals surface area (Å²) >= 11 is 31.5. The molecule has 0 aliphatic heterocycles. The van der Waals surface area contributed by atoms with Gasteiger partial charge in [-0.1, -0.05) is 58.0 Å². The molecule has 0 aliphatic rings. The first-order valence-electron chi connectivity index (χ1n) is 5.30. The molecule has 0 bridgehead atoms. The maximum Gasteiger partial charge on any atom is 0.418 e. The Morgan fingerprint density at radius 1 is 0.864 bits per heavy atom. The zero-order valence-corrected chi connectivity index (χ0v) is 15.9. The lowest BCUT2D eigenvalue weighted by molar-refractivity contribution is -0.137. The minimum absolute atomic E-state index is 0.126. The van der Waals surface area contributed by atoms with Gasteiger partial charge in [0.05, 0.1) is 30.7 Å². The van der Waals surface area contributed by atoms with Gasteiger partial charge < -0.3 is 0 Å². The van der Waals surface area contributed by atoms with Gasteiger partial charge in [-0.2, -0.15) is 13.2 Å². The average Bonchev–Trinajstić information content (AvgIpc) is 2.42. The van der Waals surface area contributed by atoms with Crippen molar-refractivity contribution in [2.75, 3.05) is 0 Å². The van der Waals surface area contributed by atoms with E-state index in [1.54, 1.807) is 22.6 Å². The van der Waals surface area contributed by atoms with Crippen LogP contribution in [0.1, 0.15) is 5.56 Å². The van der Waals surface area contributed by atoms with Gasteiger partial charge in [-0.15, -0.1) is 0 Å². The quantitative estimate of drug-likeness (QED) is 0.163.